The van der Waals surface area contributed by atoms with Gasteiger partial charge in [-0.3, -0.25) is 39.2 Å². The van der Waals surface area contributed by atoms with Gasteiger partial charge in [-0.25, -0.2) is 4.98 Å². The molecular formula is C44H44N6O8. The van der Waals surface area contributed by atoms with Gasteiger partial charge in [0, 0.05) is 85.6 Å². The zero-order chi connectivity index (χ0) is 39.9. The average Bonchev–Trinajstić information content (AvgIpc) is 3.65. The van der Waals surface area contributed by atoms with Gasteiger partial charge in [-0.2, -0.15) is 0 Å². The van der Waals surface area contributed by atoms with Crippen LogP contribution in [-0.2, 0) is 26.2 Å². The fourth-order valence-electron chi connectivity index (χ4n) is 8.57. The minimum absolute atomic E-state index is 0.0253. The highest BCUT2D eigenvalue weighted by Gasteiger charge is 2.45. The number of hydrogen-bond acceptors (Lipinski definition) is 10. The molecule has 1 saturated carbocycles. The minimum atomic E-state index is -1.00. The number of benzene rings is 2. The number of likely N-dealkylation sites (tertiary alicyclic amines) is 1. The second kappa shape index (κ2) is 15.7. The van der Waals surface area contributed by atoms with Gasteiger partial charge in [-0.1, -0.05) is 12.1 Å². The summed E-state index contributed by atoms with van der Waals surface area (Å²) in [5, 5.41) is 4.51. The van der Waals surface area contributed by atoms with Gasteiger partial charge in [-0.05, 0) is 86.9 Å². The first-order chi connectivity index (χ1) is 28.2. The van der Waals surface area contributed by atoms with Crippen LogP contribution in [0.3, 0.4) is 0 Å². The van der Waals surface area contributed by atoms with Crippen LogP contribution in [0.25, 0.3) is 32.9 Å². The van der Waals surface area contributed by atoms with Crippen molar-refractivity contribution in [2.45, 2.75) is 69.6 Å². The van der Waals surface area contributed by atoms with Crippen LogP contribution < -0.4 is 14.8 Å². The van der Waals surface area contributed by atoms with E-state index in [0.717, 1.165) is 58.1 Å². The van der Waals surface area contributed by atoms with Gasteiger partial charge in [0.25, 0.3) is 11.8 Å². The first-order valence-corrected chi connectivity index (χ1v) is 20.1. The Balaban J connectivity index is 0.662. The largest absolute Gasteiger partial charge is 0.494 e. The minimum Gasteiger partial charge on any atom is -0.494 e. The molecule has 14 nitrogen and oxygen atoms in total. The van der Waals surface area contributed by atoms with Gasteiger partial charge in [0.2, 0.25) is 23.6 Å². The number of ether oxygens (including phenoxy) is 3. The third kappa shape index (κ3) is 7.17. The SMILES string of the molecule is Cn1c2ccncc2c2ccc(-c3ccc(O[C@H]4C[C@H](C(=O)N5CCC(OCCCCOc6ccc7c(c6)C(=O)N(C6CCC(=O)NC6=O)C7=O)CC5)C4)nc3)cc21. The number of imide groups is 2. The molecule has 5 amide bonds. The summed E-state index contributed by atoms with van der Waals surface area (Å²) in [6.45, 7) is 2.34. The average molecular weight is 785 g/mol. The molecule has 6 heterocycles. The summed E-state index contributed by atoms with van der Waals surface area (Å²) >= 11 is 0. The number of nitrogens with one attached hydrogen (secondary N) is 1. The van der Waals surface area contributed by atoms with Crippen molar-refractivity contribution in [2.24, 2.45) is 13.0 Å². The van der Waals surface area contributed by atoms with Crippen LogP contribution in [0.5, 0.6) is 11.6 Å². The zero-order valence-corrected chi connectivity index (χ0v) is 32.2. The summed E-state index contributed by atoms with van der Waals surface area (Å²) in [4.78, 5) is 74.8. The number of rotatable bonds is 12. The van der Waals surface area contributed by atoms with E-state index < -0.39 is 29.7 Å². The molecule has 1 N–H and O–H groups in total. The lowest BCUT2D eigenvalue weighted by molar-refractivity contribution is -0.144. The summed E-state index contributed by atoms with van der Waals surface area (Å²) in [5.74, 6) is -0.965. The van der Waals surface area contributed by atoms with Crippen molar-refractivity contribution in [2.75, 3.05) is 26.3 Å². The third-order valence-corrected chi connectivity index (χ3v) is 11.9. The van der Waals surface area contributed by atoms with Crippen LogP contribution in [-0.4, -0.2) is 98.4 Å². The standard InChI is InChI=1S/C44H44N6O8/c1-48-36-12-15-45-25-35(36)32-7-4-26(22-38(32)48)27-5-11-40(46-24-27)58-31-20-28(21-31)42(53)49-16-13-29(14-17-49)56-18-2-3-19-57-30-6-8-33-34(23-30)44(55)50(43(33)54)37-9-10-39(51)47-41(37)52/h4-8,11-12,15,22-25,28-29,31,37H,2-3,9-10,13-14,16-21H2,1H3,(H,47,51,52)/t28-,31-,37?. The van der Waals surface area contributed by atoms with Crippen molar-refractivity contribution in [3.05, 3.63) is 84.3 Å². The van der Waals surface area contributed by atoms with Crippen LogP contribution in [0.15, 0.2) is 73.2 Å². The predicted octanol–water partition coefficient (Wildman–Crippen LogP) is 5.21. The highest BCUT2D eigenvalue weighted by atomic mass is 16.5. The predicted molar refractivity (Wildman–Crippen MR) is 212 cm³/mol. The summed E-state index contributed by atoms with van der Waals surface area (Å²) in [7, 11) is 2.07. The van der Waals surface area contributed by atoms with Gasteiger partial charge in [-0.15, -0.1) is 0 Å². The number of piperidine rings is 2. The van der Waals surface area contributed by atoms with Crippen molar-refractivity contribution < 1.29 is 38.2 Å². The van der Waals surface area contributed by atoms with Crippen molar-refractivity contribution >= 4 is 51.3 Å². The van der Waals surface area contributed by atoms with E-state index in [2.05, 4.69) is 45.1 Å². The van der Waals surface area contributed by atoms with E-state index in [0.29, 0.717) is 50.8 Å². The Bertz CT molecular complexity index is 2430. The maximum atomic E-state index is 13.2. The number of aryl methyl sites for hydroxylation is 1. The van der Waals surface area contributed by atoms with Crippen molar-refractivity contribution in [3.63, 3.8) is 0 Å². The van der Waals surface area contributed by atoms with E-state index in [1.54, 1.807) is 12.1 Å². The maximum Gasteiger partial charge on any atom is 0.262 e. The monoisotopic (exact) mass is 784 g/mol. The molecule has 298 valence electrons. The van der Waals surface area contributed by atoms with Crippen LogP contribution in [0.1, 0.15) is 72.1 Å². The molecule has 0 radical (unpaired) electrons. The molecule has 3 aliphatic heterocycles. The molecule has 4 aliphatic rings. The number of hydrogen-bond donors (Lipinski definition) is 1. The van der Waals surface area contributed by atoms with Gasteiger partial charge in [0.1, 0.15) is 17.9 Å². The normalized spacial score (nSPS) is 21.0. The van der Waals surface area contributed by atoms with E-state index >= 15 is 0 Å². The van der Waals surface area contributed by atoms with E-state index in [9.17, 15) is 24.0 Å². The first-order valence-electron chi connectivity index (χ1n) is 20.1. The van der Waals surface area contributed by atoms with Crippen LogP contribution in [0.2, 0.25) is 0 Å². The van der Waals surface area contributed by atoms with Crippen LogP contribution in [0, 0.1) is 5.92 Å². The van der Waals surface area contributed by atoms with Gasteiger partial charge < -0.3 is 23.7 Å². The van der Waals surface area contributed by atoms with Gasteiger partial charge in [0.15, 0.2) is 0 Å². The van der Waals surface area contributed by atoms with Crippen LogP contribution >= 0.6 is 0 Å². The Kier molecular flexibility index (Phi) is 10.1. The van der Waals surface area contributed by atoms with Crippen molar-refractivity contribution in [1.82, 2.24) is 29.7 Å². The number of pyridine rings is 2. The first kappa shape index (κ1) is 37.4. The molecule has 1 atom stereocenters. The molecule has 3 aromatic heterocycles. The van der Waals surface area contributed by atoms with E-state index in [4.69, 9.17) is 14.2 Å². The molecule has 2 aromatic carbocycles. The summed E-state index contributed by atoms with van der Waals surface area (Å²) < 4.78 is 20.3. The Morgan fingerprint density at radius 3 is 2.40 bits per heavy atom. The zero-order valence-electron chi connectivity index (χ0n) is 32.2. The lowest BCUT2D eigenvalue weighted by atomic mass is 9.81. The number of unbranched alkanes of at least 4 members (excludes halogenated alkanes) is 1. The Hall–Kier alpha value is -6.15. The lowest BCUT2D eigenvalue weighted by Crippen LogP contribution is -2.54. The molecule has 0 spiro atoms. The second-order valence-electron chi connectivity index (χ2n) is 15.6. The molecule has 14 heteroatoms. The third-order valence-electron chi connectivity index (χ3n) is 11.9. The van der Waals surface area contributed by atoms with E-state index in [1.165, 1.54) is 11.5 Å². The number of aromatic nitrogens is 3. The molecule has 5 aromatic rings. The molecule has 58 heavy (non-hydrogen) atoms. The highest BCUT2D eigenvalue weighted by molar-refractivity contribution is 6.23. The highest BCUT2D eigenvalue weighted by Crippen LogP contribution is 2.35. The van der Waals surface area contributed by atoms with Crippen LogP contribution in [0.4, 0.5) is 0 Å². The number of carbonyl (C=O) groups is 5. The maximum absolute atomic E-state index is 13.2. The van der Waals surface area contributed by atoms with E-state index in [-0.39, 0.29) is 48.0 Å². The van der Waals surface area contributed by atoms with E-state index in [1.807, 2.05) is 41.7 Å². The summed E-state index contributed by atoms with van der Waals surface area (Å²) in [5.41, 5.74) is 4.78. The molecule has 1 aliphatic carbocycles. The summed E-state index contributed by atoms with van der Waals surface area (Å²) in [6.07, 6.45) is 10.3. The topological polar surface area (TPSA) is 162 Å². The fraction of sp³-hybridized carbons (Fsp3) is 0.386. The van der Waals surface area contributed by atoms with Gasteiger partial charge >= 0.3 is 0 Å². The lowest BCUT2D eigenvalue weighted by Gasteiger charge is -2.39. The molecule has 0 bridgehead atoms. The Morgan fingerprint density at radius 1 is 0.810 bits per heavy atom. The van der Waals surface area contributed by atoms with Crippen molar-refractivity contribution in [3.8, 4) is 22.8 Å². The number of amides is 5. The second-order valence-corrected chi connectivity index (χ2v) is 15.6. The summed E-state index contributed by atoms with van der Waals surface area (Å²) in [6, 6.07) is 16.1. The Labute approximate surface area is 334 Å². The van der Waals surface area contributed by atoms with Gasteiger partial charge in [0.05, 0.1) is 29.4 Å². The number of carbonyl (C=O) groups excluding carboxylic acids is 5. The molecular weight excluding hydrogens is 741 g/mol. The molecule has 3 fully saturated rings. The number of fused-ring (bicyclic) bond motifs is 4. The molecule has 1 unspecified atom stereocenters. The number of nitrogens with zero attached hydrogens (tertiary/aromatic N) is 5. The van der Waals surface area contributed by atoms with Crippen molar-refractivity contribution in [1.29, 1.82) is 0 Å². The Morgan fingerprint density at radius 2 is 1.60 bits per heavy atom. The fourth-order valence-corrected chi connectivity index (χ4v) is 8.57. The smallest absolute Gasteiger partial charge is 0.262 e. The molecule has 9 rings (SSSR count). The molecule has 2 saturated heterocycles. The quantitative estimate of drug-likeness (QED) is 0.131.